The average molecular weight is 315 g/mol. The summed E-state index contributed by atoms with van der Waals surface area (Å²) in [4.78, 5) is 17.3. The van der Waals surface area contributed by atoms with Gasteiger partial charge in [-0.05, 0) is 20.8 Å². The number of thiazole rings is 1. The highest BCUT2D eigenvalue weighted by molar-refractivity contribution is 7.11. The molecule has 0 bridgehead atoms. The first-order valence-electron chi connectivity index (χ1n) is 6.15. The minimum Gasteiger partial charge on any atom is -0.461 e. The SMILES string of the molecule is CCOC(=O)c1nnn(Cc2nc(C)c(C)s2)c1CCl. The van der Waals surface area contributed by atoms with Gasteiger partial charge in [0, 0.05) is 4.88 Å². The molecule has 2 aromatic heterocycles. The van der Waals surface area contributed by atoms with Crippen LogP contribution in [-0.2, 0) is 17.2 Å². The minimum absolute atomic E-state index is 0.143. The zero-order valence-electron chi connectivity index (χ0n) is 11.5. The van der Waals surface area contributed by atoms with E-state index < -0.39 is 5.97 Å². The summed E-state index contributed by atoms with van der Waals surface area (Å²) in [6.45, 7) is 6.46. The number of nitrogens with zero attached hydrogens (tertiary/aromatic N) is 4. The number of aryl methyl sites for hydroxylation is 2. The maximum absolute atomic E-state index is 11.7. The van der Waals surface area contributed by atoms with Gasteiger partial charge < -0.3 is 4.74 Å². The Labute approximate surface area is 125 Å². The summed E-state index contributed by atoms with van der Waals surface area (Å²) < 4.78 is 6.52. The standard InChI is InChI=1S/C12H15ClN4O2S/c1-4-19-12(18)11-9(5-13)17(16-15-11)6-10-14-7(2)8(3)20-10/h4-6H2,1-3H3. The van der Waals surface area contributed by atoms with Crippen molar-refractivity contribution in [1.82, 2.24) is 20.0 Å². The normalized spacial score (nSPS) is 10.8. The molecule has 0 aliphatic rings. The molecular weight excluding hydrogens is 300 g/mol. The van der Waals surface area contributed by atoms with E-state index in [1.807, 2.05) is 13.8 Å². The number of halogens is 1. The summed E-state index contributed by atoms with van der Waals surface area (Å²) in [5.74, 6) is -0.356. The van der Waals surface area contributed by atoms with Gasteiger partial charge in [0.15, 0.2) is 5.69 Å². The molecule has 0 radical (unpaired) electrons. The molecule has 6 nitrogen and oxygen atoms in total. The molecule has 0 aliphatic heterocycles. The van der Waals surface area contributed by atoms with Crippen molar-refractivity contribution in [2.75, 3.05) is 6.61 Å². The van der Waals surface area contributed by atoms with E-state index in [0.29, 0.717) is 12.2 Å². The van der Waals surface area contributed by atoms with Gasteiger partial charge >= 0.3 is 5.97 Å². The van der Waals surface area contributed by atoms with Crippen LogP contribution in [0.4, 0.5) is 0 Å². The van der Waals surface area contributed by atoms with Gasteiger partial charge in [0.25, 0.3) is 0 Å². The van der Waals surface area contributed by atoms with Crippen LogP contribution in [0.2, 0.25) is 0 Å². The zero-order valence-corrected chi connectivity index (χ0v) is 13.1. The van der Waals surface area contributed by atoms with Crippen LogP contribution in [0.3, 0.4) is 0 Å². The molecule has 0 N–H and O–H groups in total. The van der Waals surface area contributed by atoms with Crippen molar-refractivity contribution in [3.8, 4) is 0 Å². The Morgan fingerprint density at radius 2 is 2.20 bits per heavy atom. The third-order valence-electron chi connectivity index (χ3n) is 2.79. The lowest BCUT2D eigenvalue weighted by molar-refractivity contribution is 0.0518. The topological polar surface area (TPSA) is 69.9 Å². The molecule has 0 atom stereocenters. The fourth-order valence-corrected chi connectivity index (χ4v) is 2.87. The van der Waals surface area contributed by atoms with E-state index in [9.17, 15) is 4.79 Å². The molecule has 0 aromatic carbocycles. The minimum atomic E-state index is -0.499. The third kappa shape index (κ3) is 2.99. The average Bonchev–Trinajstić information content (AvgIpc) is 2.94. The van der Waals surface area contributed by atoms with E-state index in [0.717, 1.165) is 15.6 Å². The van der Waals surface area contributed by atoms with Crippen LogP contribution in [0.5, 0.6) is 0 Å². The molecule has 108 valence electrons. The van der Waals surface area contributed by atoms with Crippen molar-refractivity contribution in [2.45, 2.75) is 33.2 Å². The van der Waals surface area contributed by atoms with Gasteiger partial charge in [-0.1, -0.05) is 5.21 Å². The van der Waals surface area contributed by atoms with Crippen molar-refractivity contribution < 1.29 is 9.53 Å². The molecule has 0 spiro atoms. The highest BCUT2D eigenvalue weighted by atomic mass is 35.5. The van der Waals surface area contributed by atoms with E-state index in [2.05, 4.69) is 15.3 Å². The first kappa shape index (κ1) is 14.9. The van der Waals surface area contributed by atoms with Gasteiger partial charge in [0.1, 0.15) is 5.01 Å². The predicted octanol–water partition coefficient (Wildman–Crippen LogP) is 2.32. The number of rotatable bonds is 5. The summed E-state index contributed by atoms with van der Waals surface area (Å²) >= 11 is 7.50. The molecular formula is C12H15ClN4O2S. The Morgan fingerprint density at radius 3 is 2.75 bits per heavy atom. The molecule has 8 heteroatoms. The van der Waals surface area contributed by atoms with Crippen LogP contribution in [0.25, 0.3) is 0 Å². The van der Waals surface area contributed by atoms with E-state index in [1.54, 1.807) is 22.9 Å². The number of carbonyl (C=O) groups is 1. The van der Waals surface area contributed by atoms with Gasteiger partial charge in [-0.2, -0.15) is 0 Å². The quantitative estimate of drug-likeness (QED) is 0.625. The van der Waals surface area contributed by atoms with Crippen molar-refractivity contribution in [1.29, 1.82) is 0 Å². The van der Waals surface area contributed by atoms with Crippen LogP contribution in [-0.4, -0.2) is 32.6 Å². The molecule has 0 aliphatic carbocycles. The highest BCUT2D eigenvalue weighted by Crippen LogP contribution is 2.19. The van der Waals surface area contributed by atoms with Gasteiger partial charge in [-0.3, -0.25) is 0 Å². The van der Waals surface area contributed by atoms with Gasteiger partial charge in [-0.15, -0.1) is 28.0 Å². The molecule has 2 rings (SSSR count). The lowest BCUT2D eigenvalue weighted by Gasteiger charge is -2.03. The second-order valence-electron chi connectivity index (χ2n) is 4.15. The lowest BCUT2D eigenvalue weighted by atomic mass is 10.3. The number of alkyl halides is 1. The largest absolute Gasteiger partial charge is 0.461 e. The van der Waals surface area contributed by atoms with Gasteiger partial charge in [0.05, 0.1) is 30.4 Å². The van der Waals surface area contributed by atoms with E-state index in [4.69, 9.17) is 16.3 Å². The molecule has 0 fully saturated rings. The fraction of sp³-hybridized carbons (Fsp3) is 0.500. The number of ether oxygens (including phenoxy) is 1. The van der Waals surface area contributed by atoms with Crippen molar-refractivity contribution in [2.24, 2.45) is 0 Å². The van der Waals surface area contributed by atoms with Crippen LogP contribution < -0.4 is 0 Å². The Morgan fingerprint density at radius 1 is 1.45 bits per heavy atom. The summed E-state index contributed by atoms with van der Waals surface area (Å²) in [5.41, 5.74) is 1.73. The van der Waals surface area contributed by atoms with Gasteiger partial charge in [-0.25, -0.2) is 14.5 Å². The lowest BCUT2D eigenvalue weighted by Crippen LogP contribution is -2.10. The number of hydrogen-bond donors (Lipinski definition) is 0. The zero-order chi connectivity index (χ0) is 14.7. The van der Waals surface area contributed by atoms with Crippen molar-refractivity contribution in [3.63, 3.8) is 0 Å². The molecule has 0 unspecified atom stereocenters. The third-order valence-corrected chi connectivity index (χ3v) is 4.10. The second-order valence-corrected chi connectivity index (χ2v) is 5.70. The van der Waals surface area contributed by atoms with E-state index in [-0.39, 0.29) is 18.2 Å². The van der Waals surface area contributed by atoms with Crippen molar-refractivity contribution >= 4 is 28.9 Å². The smallest absolute Gasteiger partial charge is 0.360 e. The maximum atomic E-state index is 11.7. The maximum Gasteiger partial charge on any atom is 0.360 e. The summed E-state index contributed by atoms with van der Waals surface area (Å²) in [5, 5.41) is 8.74. The molecule has 2 aromatic rings. The van der Waals surface area contributed by atoms with Crippen LogP contribution in [0.15, 0.2) is 0 Å². The van der Waals surface area contributed by atoms with E-state index >= 15 is 0 Å². The molecule has 0 saturated heterocycles. The highest BCUT2D eigenvalue weighted by Gasteiger charge is 2.20. The first-order valence-corrected chi connectivity index (χ1v) is 7.50. The predicted molar refractivity (Wildman–Crippen MR) is 76.2 cm³/mol. The molecule has 2 heterocycles. The second kappa shape index (κ2) is 6.32. The number of aromatic nitrogens is 4. The van der Waals surface area contributed by atoms with Crippen LogP contribution >= 0.6 is 22.9 Å². The van der Waals surface area contributed by atoms with Gasteiger partial charge in [0.2, 0.25) is 0 Å². The van der Waals surface area contributed by atoms with Crippen LogP contribution in [0.1, 0.15) is 38.7 Å². The number of carbonyl (C=O) groups excluding carboxylic acids is 1. The summed E-state index contributed by atoms with van der Waals surface area (Å²) in [6.07, 6.45) is 0. The number of esters is 1. The molecule has 0 amide bonds. The monoisotopic (exact) mass is 314 g/mol. The Balaban J connectivity index is 2.26. The van der Waals surface area contributed by atoms with Crippen molar-refractivity contribution in [3.05, 3.63) is 27.0 Å². The summed E-state index contributed by atoms with van der Waals surface area (Å²) in [7, 11) is 0. The molecule has 0 saturated carbocycles. The Bertz CT molecular complexity index is 604. The Hall–Kier alpha value is -1.47. The Kier molecular flexibility index (Phi) is 4.72. The van der Waals surface area contributed by atoms with E-state index in [1.165, 1.54) is 0 Å². The molecule has 20 heavy (non-hydrogen) atoms. The summed E-state index contributed by atoms with van der Waals surface area (Å²) in [6, 6.07) is 0. The fourth-order valence-electron chi connectivity index (χ4n) is 1.68. The number of hydrogen-bond acceptors (Lipinski definition) is 6. The first-order chi connectivity index (χ1) is 9.56. The van der Waals surface area contributed by atoms with Crippen LogP contribution in [0, 0.1) is 13.8 Å².